The smallest absolute Gasteiger partial charge is 0.147 e. The van der Waals surface area contributed by atoms with E-state index >= 15 is 0 Å². The molecule has 3 nitrogen and oxygen atoms in total. The average Bonchev–Trinajstić information content (AvgIpc) is 2.19. The van der Waals surface area contributed by atoms with Gasteiger partial charge >= 0.3 is 0 Å². The Bertz CT molecular complexity index is 471. The van der Waals surface area contributed by atoms with Crippen LogP contribution in [0.1, 0.15) is 17.5 Å². The van der Waals surface area contributed by atoms with Crippen molar-refractivity contribution < 1.29 is 13.2 Å². The Morgan fingerprint density at radius 1 is 1.24 bits per heavy atom. The molecule has 0 bridgehead atoms. The van der Waals surface area contributed by atoms with E-state index in [1.54, 1.807) is 0 Å². The Morgan fingerprint density at radius 3 is 2.24 bits per heavy atom. The van der Waals surface area contributed by atoms with Crippen molar-refractivity contribution in [3.8, 4) is 5.75 Å². The highest BCUT2D eigenvalue weighted by Crippen LogP contribution is 2.14. The molecule has 1 rings (SSSR count). The first-order chi connectivity index (χ1) is 7.79. The fourth-order valence-corrected chi connectivity index (χ4v) is 2.17. The molecule has 0 aliphatic carbocycles. The summed E-state index contributed by atoms with van der Waals surface area (Å²) in [5.41, 5.74) is 2.72. The molecule has 0 aliphatic rings. The lowest BCUT2D eigenvalue weighted by Gasteiger charge is -2.11. The third-order valence-corrected chi connectivity index (χ3v) is 3.53. The van der Waals surface area contributed by atoms with E-state index in [2.05, 4.69) is 0 Å². The molecule has 0 aliphatic heterocycles. The fourth-order valence-electron chi connectivity index (χ4n) is 1.53. The maximum Gasteiger partial charge on any atom is 0.147 e. The van der Waals surface area contributed by atoms with Crippen molar-refractivity contribution in [2.24, 2.45) is 0 Å². The molecule has 5 heteroatoms. The van der Waals surface area contributed by atoms with Crippen LogP contribution in [0.5, 0.6) is 5.75 Å². The van der Waals surface area contributed by atoms with Crippen LogP contribution >= 0.6 is 0 Å². The zero-order valence-corrected chi connectivity index (χ0v) is 11.3. The van der Waals surface area contributed by atoms with Crippen LogP contribution in [0.3, 0.4) is 0 Å². The van der Waals surface area contributed by atoms with Gasteiger partial charge in [0.15, 0.2) is 0 Å². The third kappa shape index (κ3) is 4.81. The van der Waals surface area contributed by atoms with E-state index in [0.717, 1.165) is 22.3 Å². The minimum Gasteiger partial charge on any atom is -0.494 e. The third-order valence-electron chi connectivity index (χ3n) is 2.50. The van der Waals surface area contributed by atoms with Gasteiger partial charge in [0.1, 0.15) is 23.4 Å². The van der Waals surface area contributed by atoms with E-state index < -0.39 is 9.84 Å². The molecule has 0 spiro atoms. The van der Waals surface area contributed by atoms with Gasteiger partial charge in [0.25, 0.3) is 0 Å². The predicted molar refractivity (Wildman–Crippen MR) is 71.1 cm³/mol. The Morgan fingerprint density at radius 2 is 1.76 bits per heavy atom. The van der Waals surface area contributed by atoms with Crippen LogP contribution in [0, 0.1) is 13.8 Å². The molecular formula is C12H17BO3S. The molecule has 17 heavy (non-hydrogen) atoms. The van der Waals surface area contributed by atoms with Gasteiger partial charge < -0.3 is 4.74 Å². The molecule has 0 aromatic heterocycles. The first-order valence-electron chi connectivity index (χ1n) is 5.47. The van der Waals surface area contributed by atoms with Crippen LogP contribution in [0.2, 0.25) is 0 Å². The Balaban J connectivity index is 2.53. The van der Waals surface area contributed by atoms with Crippen molar-refractivity contribution in [3.63, 3.8) is 0 Å². The van der Waals surface area contributed by atoms with Gasteiger partial charge in [-0.1, -0.05) is 16.6 Å². The number of benzene rings is 1. The van der Waals surface area contributed by atoms with Crippen molar-refractivity contribution in [2.45, 2.75) is 20.3 Å². The number of hydrogen-bond acceptors (Lipinski definition) is 3. The summed E-state index contributed by atoms with van der Waals surface area (Å²) in [6.45, 7) is 4.24. The molecule has 0 saturated carbocycles. The van der Waals surface area contributed by atoms with Gasteiger partial charge in [-0.05, 0) is 32.4 Å². The van der Waals surface area contributed by atoms with E-state index in [1.165, 1.54) is 6.26 Å². The van der Waals surface area contributed by atoms with Gasteiger partial charge in [-0.3, -0.25) is 0 Å². The Labute approximate surface area is 105 Å². The molecule has 0 atom stereocenters. The van der Waals surface area contributed by atoms with Crippen LogP contribution in [-0.2, 0) is 9.84 Å². The van der Waals surface area contributed by atoms with Gasteiger partial charge in [0.05, 0.1) is 12.4 Å². The van der Waals surface area contributed by atoms with E-state index in [4.69, 9.17) is 12.6 Å². The highest BCUT2D eigenvalue weighted by atomic mass is 32.2. The summed E-state index contributed by atoms with van der Waals surface area (Å²) in [7, 11) is 2.93. The monoisotopic (exact) mass is 252 g/mol. The van der Waals surface area contributed by atoms with Gasteiger partial charge in [0, 0.05) is 6.26 Å². The largest absolute Gasteiger partial charge is 0.494 e. The molecule has 0 unspecified atom stereocenters. The zero-order chi connectivity index (χ0) is 13.1. The van der Waals surface area contributed by atoms with Crippen molar-refractivity contribution in [2.75, 3.05) is 18.6 Å². The minimum atomic E-state index is -2.90. The average molecular weight is 252 g/mol. The van der Waals surface area contributed by atoms with Crippen LogP contribution in [0.25, 0.3) is 0 Å². The lowest BCUT2D eigenvalue weighted by atomic mass is 9.87. The summed E-state index contributed by atoms with van der Waals surface area (Å²) in [6.07, 6.45) is 1.73. The lowest BCUT2D eigenvalue weighted by Crippen LogP contribution is -2.13. The summed E-state index contributed by atoms with van der Waals surface area (Å²) in [5, 5.41) is 0. The first-order valence-corrected chi connectivity index (χ1v) is 7.53. The van der Waals surface area contributed by atoms with Crippen molar-refractivity contribution in [1.82, 2.24) is 0 Å². The standard InChI is InChI=1S/C12H17BO3S/c1-9-7-11(8-10(2)12(9)13)16-5-4-6-17(3,14)15/h7-8H,4-6H2,1-3H3. The van der Waals surface area contributed by atoms with E-state index in [-0.39, 0.29) is 5.75 Å². The molecule has 0 amide bonds. The molecule has 0 fully saturated rings. The lowest BCUT2D eigenvalue weighted by molar-refractivity contribution is 0.317. The van der Waals surface area contributed by atoms with Crippen molar-refractivity contribution in [1.29, 1.82) is 0 Å². The number of hydrogen-bond donors (Lipinski definition) is 0. The van der Waals surface area contributed by atoms with Crippen molar-refractivity contribution in [3.05, 3.63) is 23.3 Å². The van der Waals surface area contributed by atoms with Crippen LogP contribution in [0.15, 0.2) is 12.1 Å². The second-order valence-corrected chi connectivity index (χ2v) is 6.56. The summed E-state index contributed by atoms with van der Waals surface area (Å²) >= 11 is 0. The highest BCUT2D eigenvalue weighted by Gasteiger charge is 2.04. The van der Waals surface area contributed by atoms with Gasteiger partial charge in [-0.15, -0.1) is 0 Å². The highest BCUT2D eigenvalue weighted by molar-refractivity contribution is 7.90. The second-order valence-electron chi connectivity index (χ2n) is 4.30. The topological polar surface area (TPSA) is 43.4 Å². The maximum absolute atomic E-state index is 10.9. The minimum absolute atomic E-state index is 0.153. The maximum atomic E-state index is 10.9. The van der Waals surface area contributed by atoms with Crippen LogP contribution in [0.4, 0.5) is 0 Å². The van der Waals surface area contributed by atoms with E-state index in [0.29, 0.717) is 13.0 Å². The van der Waals surface area contributed by atoms with Gasteiger partial charge in [-0.25, -0.2) is 8.42 Å². The summed E-state index contributed by atoms with van der Waals surface area (Å²) in [4.78, 5) is 0. The molecule has 1 aromatic carbocycles. The molecular weight excluding hydrogens is 235 g/mol. The molecule has 1 aromatic rings. The quantitative estimate of drug-likeness (QED) is 0.578. The Kier molecular flexibility index (Phi) is 4.63. The van der Waals surface area contributed by atoms with E-state index in [1.807, 2.05) is 26.0 Å². The van der Waals surface area contributed by atoms with E-state index in [9.17, 15) is 8.42 Å². The van der Waals surface area contributed by atoms with Gasteiger partial charge in [-0.2, -0.15) is 0 Å². The van der Waals surface area contributed by atoms with Crippen LogP contribution < -0.4 is 10.2 Å². The molecule has 2 radical (unpaired) electrons. The number of rotatable bonds is 5. The van der Waals surface area contributed by atoms with Gasteiger partial charge in [0.2, 0.25) is 0 Å². The number of ether oxygens (including phenoxy) is 1. The molecule has 92 valence electrons. The van der Waals surface area contributed by atoms with Crippen molar-refractivity contribution >= 4 is 23.1 Å². The summed E-state index contributed by atoms with van der Waals surface area (Å²) in [5.74, 6) is 0.891. The zero-order valence-electron chi connectivity index (χ0n) is 10.5. The summed E-state index contributed by atoms with van der Waals surface area (Å²) in [6, 6.07) is 3.73. The first kappa shape index (κ1) is 14.1. The molecule has 0 N–H and O–H groups in total. The summed E-state index contributed by atoms with van der Waals surface area (Å²) < 4.78 is 27.3. The normalized spacial score (nSPS) is 11.5. The number of aryl methyl sites for hydroxylation is 2. The predicted octanol–water partition coefficient (Wildman–Crippen LogP) is 0.911. The second kappa shape index (κ2) is 5.58. The van der Waals surface area contributed by atoms with Crippen LogP contribution in [-0.4, -0.2) is 34.9 Å². The Hall–Kier alpha value is -0.965. The number of sulfone groups is 1. The molecule has 0 heterocycles. The fraction of sp³-hybridized carbons (Fsp3) is 0.500. The molecule has 0 saturated heterocycles. The SMILES string of the molecule is [B]c1c(C)cc(OCCCS(C)(=O)=O)cc1C.